The Balaban J connectivity index is 2.25. The van der Waals surface area contributed by atoms with Gasteiger partial charge in [-0.15, -0.1) is 0 Å². The second-order valence-electron chi connectivity index (χ2n) is 4.91. The van der Waals surface area contributed by atoms with Gasteiger partial charge in [-0.1, -0.05) is 12.1 Å². The molecule has 15 heteroatoms. The van der Waals surface area contributed by atoms with Gasteiger partial charge in [0.05, 0.1) is 11.3 Å². The molecule has 0 atom stereocenters. The van der Waals surface area contributed by atoms with Crippen LogP contribution in [0.15, 0.2) is 33.9 Å². The molecule has 11 nitrogen and oxygen atoms in total. The summed E-state index contributed by atoms with van der Waals surface area (Å²) in [7, 11) is -3.89. The number of para-hydroxylation sites is 1. The fourth-order valence-electron chi connectivity index (χ4n) is 1.90. The van der Waals surface area contributed by atoms with Crippen LogP contribution in [0, 0.1) is 0 Å². The van der Waals surface area contributed by atoms with Crippen LogP contribution in [0.2, 0.25) is 0 Å². The summed E-state index contributed by atoms with van der Waals surface area (Å²) in [5.41, 5.74) is -0.103. The Morgan fingerprint density at radius 3 is 2.59 bits per heavy atom. The molecular formula is C12H14F3N7O4S. The number of amidine groups is 1. The molecule has 1 heterocycles. The van der Waals surface area contributed by atoms with Crippen LogP contribution in [0.3, 0.4) is 0 Å². The number of aromatic nitrogens is 2. The molecule has 0 aliphatic rings. The van der Waals surface area contributed by atoms with E-state index in [0.29, 0.717) is 0 Å². The lowest BCUT2D eigenvalue weighted by Crippen LogP contribution is -2.34. The maximum Gasteiger partial charge on any atom is 0.418 e. The molecule has 0 unspecified atom stereocenters. The first kappa shape index (κ1) is 20.6. The Morgan fingerprint density at radius 2 is 1.96 bits per heavy atom. The highest BCUT2D eigenvalue weighted by Gasteiger charge is 2.33. The number of alkyl halides is 3. The number of aliphatic imine (C=N–C) groups is 1. The lowest BCUT2D eigenvalue weighted by atomic mass is 10.2. The monoisotopic (exact) mass is 409 g/mol. The number of nitrogens with zero attached hydrogens (tertiary/aromatic N) is 3. The number of rotatable bonds is 7. The number of halogens is 3. The quantitative estimate of drug-likeness (QED) is 0.189. The minimum Gasteiger partial charge on any atom is -0.364 e. The molecule has 0 saturated carbocycles. The Bertz CT molecular complexity index is 914. The second-order valence-corrected chi connectivity index (χ2v) is 6.29. The summed E-state index contributed by atoms with van der Waals surface area (Å²) in [4.78, 5) is 3.72. The third kappa shape index (κ3) is 5.88. The van der Waals surface area contributed by atoms with Crippen molar-refractivity contribution in [1.82, 2.24) is 20.5 Å². The normalized spacial score (nSPS) is 12.9. The first-order valence-corrected chi connectivity index (χ1v) is 8.65. The van der Waals surface area contributed by atoms with E-state index in [1.54, 1.807) is 5.48 Å². The molecule has 0 fully saturated rings. The van der Waals surface area contributed by atoms with Crippen molar-refractivity contribution in [3.8, 4) is 0 Å². The highest BCUT2D eigenvalue weighted by Crippen LogP contribution is 2.36. The summed E-state index contributed by atoms with van der Waals surface area (Å²) in [6.07, 6.45) is -4.66. The average Bonchev–Trinajstić information content (AvgIpc) is 3.03. The molecule has 148 valence electrons. The van der Waals surface area contributed by atoms with E-state index in [4.69, 9.17) is 5.14 Å². The number of nitrogens with two attached hydrogens (primary N) is 1. The first-order valence-electron chi connectivity index (χ1n) is 7.11. The zero-order valence-corrected chi connectivity index (χ0v) is 14.2. The van der Waals surface area contributed by atoms with Crippen molar-refractivity contribution >= 4 is 27.6 Å². The Morgan fingerprint density at radius 1 is 1.26 bits per heavy atom. The van der Waals surface area contributed by atoms with Gasteiger partial charge >= 0.3 is 6.18 Å². The molecule has 6 N–H and O–H groups in total. The largest absolute Gasteiger partial charge is 0.418 e. The molecular weight excluding hydrogens is 395 g/mol. The maximum absolute atomic E-state index is 13.0. The molecule has 0 saturated heterocycles. The van der Waals surface area contributed by atoms with Gasteiger partial charge in [0.1, 0.15) is 0 Å². The minimum atomic E-state index is -4.66. The van der Waals surface area contributed by atoms with E-state index in [1.807, 2.05) is 4.72 Å². The van der Waals surface area contributed by atoms with E-state index in [9.17, 15) is 26.8 Å². The van der Waals surface area contributed by atoms with Gasteiger partial charge < -0.3 is 5.32 Å². The number of anilines is 1. The summed E-state index contributed by atoms with van der Waals surface area (Å²) in [5.74, 6) is -0.578. The molecule has 2 aromatic rings. The van der Waals surface area contributed by atoms with Crippen LogP contribution < -0.4 is 20.7 Å². The van der Waals surface area contributed by atoms with Crippen LogP contribution in [-0.4, -0.2) is 42.9 Å². The number of benzene rings is 1. The van der Waals surface area contributed by atoms with E-state index in [1.165, 1.54) is 12.1 Å². The van der Waals surface area contributed by atoms with Gasteiger partial charge in [-0.2, -0.15) is 21.6 Å². The summed E-state index contributed by atoms with van der Waals surface area (Å²) < 4.78 is 67.2. The molecule has 0 radical (unpaired) electrons. The second kappa shape index (κ2) is 8.30. The van der Waals surface area contributed by atoms with Crippen LogP contribution in [0.25, 0.3) is 0 Å². The Hall–Kier alpha value is -2.75. The standard InChI is InChI=1S/C12H14F3N7O4S/c13-12(14,15)7-3-1-2-4-8(7)19-11(20-23)9-10(22-26-21-9)17-5-6-18-27(16,24)25/h1-4,18,23H,5-6H2,(H,17,22)(H,19,20)(H2,16,24,25). The van der Waals surface area contributed by atoms with Crippen molar-refractivity contribution in [2.75, 3.05) is 18.4 Å². The molecule has 0 bridgehead atoms. The molecule has 2 rings (SSSR count). The van der Waals surface area contributed by atoms with Crippen molar-refractivity contribution in [2.24, 2.45) is 10.1 Å². The maximum atomic E-state index is 13.0. The van der Waals surface area contributed by atoms with Crippen LogP contribution in [0.4, 0.5) is 24.7 Å². The van der Waals surface area contributed by atoms with E-state index < -0.39 is 33.5 Å². The third-order valence-corrected chi connectivity index (χ3v) is 3.59. The van der Waals surface area contributed by atoms with Gasteiger partial charge in [0.15, 0.2) is 11.5 Å². The minimum absolute atomic E-state index is 0.0184. The molecule has 1 aromatic carbocycles. The van der Waals surface area contributed by atoms with Crippen LogP contribution in [0.5, 0.6) is 0 Å². The number of nitrogens with one attached hydrogen (secondary N) is 3. The van der Waals surface area contributed by atoms with Gasteiger partial charge in [0.2, 0.25) is 5.82 Å². The zero-order chi connectivity index (χ0) is 20.1. The first-order chi connectivity index (χ1) is 12.6. The lowest BCUT2D eigenvalue weighted by Gasteiger charge is -2.10. The molecule has 0 aliphatic carbocycles. The van der Waals surface area contributed by atoms with Crippen molar-refractivity contribution in [3.05, 3.63) is 35.5 Å². The van der Waals surface area contributed by atoms with E-state index in [0.717, 1.165) is 12.1 Å². The number of hydrogen-bond acceptors (Lipinski definition) is 8. The number of hydroxylamine groups is 1. The predicted octanol–water partition coefficient (Wildman–Crippen LogP) is 0.351. The van der Waals surface area contributed by atoms with Crippen LogP contribution in [0.1, 0.15) is 11.3 Å². The van der Waals surface area contributed by atoms with Crippen molar-refractivity contribution in [1.29, 1.82) is 0 Å². The highest BCUT2D eigenvalue weighted by molar-refractivity contribution is 7.87. The van der Waals surface area contributed by atoms with E-state index in [-0.39, 0.29) is 24.6 Å². The van der Waals surface area contributed by atoms with Gasteiger partial charge in [-0.25, -0.2) is 19.5 Å². The predicted molar refractivity (Wildman–Crippen MR) is 86.5 cm³/mol. The Kier molecular flexibility index (Phi) is 6.32. The zero-order valence-electron chi connectivity index (χ0n) is 13.4. The fraction of sp³-hybridized carbons (Fsp3) is 0.250. The summed E-state index contributed by atoms with van der Waals surface area (Å²) >= 11 is 0. The highest BCUT2D eigenvalue weighted by atomic mass is 32.2. The van der Waals surface area contributed by atoms with Crippen molar-refractivity contribution in [3.63, 3.8) is 0 Å². The van der Waals surface area contributed by atoms with Gasteiger partial charge in [0.25, 0.3) is 10.2 Å². The van der Waals surface area contributed by atoms with E-state index in [2.05, 4.69) is 25.3 Å². The number of hydrogen-bond donors (Lipinski definition) is 5. The van der Waals surface area contributed by atoms with Crippen molar-refractivity contribution in [2.45, 2.75) is 6.18 Å². The molecule has 0 aliphatic heterocycles. The Labute approximate surface area is 150 Å². The van der Waals surface area contributed by atoms with Gasteiger partial charge in [-0.05, 0) is 22.4 Å². The van der Waals surface area contributed by atoms with Crippen LogP contribution >= 0.6 is 0 Å². The van der Waals surface area contributed by atoms with Crippen molar-refractivity contribution < 1.29 is 31.4 Å². The molecule has 0 spiro atoms. The summed E-state index contributed by atoms with van der Waals surface area (Å²) in [6.45, 7) is -0.142. The average molecular weight is 409 g/mol. The molecule has 1 aromatic heterocycles. The molecule has 27 heavy (non-hydrogen) atoms. The van der Waals surface area contributed by atoms with Crippen LogP contribution in [-0.2, 0) is 16.4 Å². The van der Waals surface area contributed by atoms with E-state index >= 15 is 0 Å². The lowest BCUT2D eigenvalue weighted by molar-refractivity contribution is -0.137. The topological polar surface area (TPSA) is 168 Å². The smallest absolute Gasteiger partial charge is 0.364 e. The fourth-order valence-corrected chi connectivity index (χ4v) is 2.28. The molecule has 0 amide bonds. The SMILES string of the molecule is NS(=O)(=O)NCCNc1nonc1C(=Nc1ccccc1C(F)(F)F)NO. The van der Waals surface area contributed by atoms with Gasteiger partial charge in [-0.3, -0.25) is 10.7 Å². The third-order valence-electron chi connectivity index (χ3n) is 2.98. The summed E-state index contributed by atoms with van der Waals surface area (Å²) in [6, 6.07) is 4.45. The van der Waals surface area contributed by atoms with Gasteiger partial charge in [0, 0.05) is 13.1 Å². The summed E-state index contributed by atoms with van der Waals surface area (Å²) in [5, 5.41) is 23.5.